The maximum atomic E-state index is 6.03. The van der Waals surface area contributed by atoms with Crippen LogP contribution in [0.4, 0.5) is 11.4 Å². The minimum absolute atomic E-state index is 0.825. The van der Waals surface area contributed by atoms with Gasteiger partial charge < -0.3 is 10.6 Å². The predicted molar refractivity (Wildman–Crippen MR) is 75.4 cm³/mol. The van der Waals surface area contributed by atoms with E-state index in [9.17, 15) is 0 Å². The van der Waals surface area contributed by atoms with Gasteiger partial charge in [0.15, 0.2) is 0 Å². The molecule has 2 nitrogen and oxygen atoms in total. The number of anilines is 2. The lowest BCUT2D eigenvalue weighted by molar-refractivity contribution is 1.13. The molecule has 0 radical (unpaired) electrons. The second-order valence-corrected chi connectivity index (χ2v) is 4.54. The SMILES string of the molecule is Cc1ccc(N)c(-c2cccc(N(C)C)c2)c1. The highest BCUT2D eigenvalue weighted by atomic mass is 15.1. The zero-order valence-electron chi connectivity index (χ0n) is 10.6. The van der Waals surface area contributed by atoms with Gasteiger partial charge in [0, 0.05) is 31.0 Å². The Hall–Kier alpha value is -1.96. The van der Waals surface area contributed by atoms with Crippen molar-refractivity contribution in [3.8, 4) is 11.1 Å². The molecule has 2 heteroatoms. The van der Waals surface area contributed by atoms with Crippen LogP contribution in [-0.4, -0.2) is 14.1 Å². The number of rotatable bonds is 2. The number of nitrogens with zero attached hydrogens (tertiary/aromatic N) is 1. The average molecular weight is 226 g/mol. The van der Waals surface area contributed by atoms with Gasteiger partial charge in [0.1, 0.15) is 0 Å². The van der Waals surface area contributed by atoms with E-state index in [4.69, 9.17) is 5.73 Å². The van der Waals surface area contributed by atoms with E-state index < -0.39 is 0 Å². The summed E-state index contributed by atoms with van der Waals surface area (Å²) in [6, 6.07) is 14.5. The summed E-state index contributed by atoms with van der Waals surface area (Å²) in [5.74, 6) is 0. The van der Waals surface area contributed by atoms with Gasteiger partial charge in [-0.1, -0.05) is 23.8 Å². The van der Waals surface area contributed by atoms with Gasteiger partial charge in [-0.25, -0.2) is 0 Å². The number of nitrogen functional groups attached to an aromatic ring is 1. The van der Waals surface area contributed by atoms with E-state index in [-0.39, 0.29) is 0 Å². The fourth-order valence-electron chi connectivity index (χ4n) is 1.87. The summed E-state index contributed by atoms with van der Waals surface area (Å²) in [5.41, 5.74) is 11.5. The third kappa shape index (κ3) is 2.41. The molecule has 88 valence electrons. The van der Waals surface area contributed by atoms with E-state index in [1.54, 1.807) is 0 Å². The second kappa shape index (κ2) is 4.50. The van der Waals surface area contributed by atoms with Crippen molar-refractivity contribution in [3.05, 3.63) is 48.0 Å². The zero-order chi connectivity index (χ0) is 12.4. The van der Waals surface area contributed by atoms with Crippen molar-refractivity contribution >= 4 is 11.4 Å². The number of aryl methyl sites for hydroxylation is 1. The summed E-state index contributed by atoms with van der Waals surface area (Å²) in [6.07, 6.45) is 0. The highest BCUT2D eigenvalue weighted by Crippen LogP contribution is 2.29. The molecule has 0 heterocycles. The third-order valence-corrected chi connectivity index (χ3v) is 2.88. The van der Waals surface area contributed by atoms with Gasteiger partial charge in [0.2, 0.25) is 0 Å². The van der Waals surface area contributed by atoms with Crippen molar-refractivity contribution < 1.29 is 0 Å². The molecular formula is C15H18N2. The van der Waals surface area contributed by atoms with Crippen LogP contribution < -0.4 is 10.6 Å². The van der Waals surface area contributed by atoms with Crippen LogP contribution in [0.2, 0.25) is 0 Å². The van der Waals surface area contributed by atoms with Gasteiger partial charge in [-0.2, -0.15) is 0 Å². The van der Waals surface area contributed by atoms with Gasteiger partial charge in [-0.05, 0) is 36.8 Å². The first-order valence-electron chi connectivity index (χ1n) is 5.72. The van der Waals surface area contributed by atoms with E-state index >= 15 is 0 Å². The van der Waals surface area contributed by atoms with Gasteiger partial charge >= 0.3 is 0 Å². The maximum Gasteiger partial charge on any atom is 0.0393 e. The minimum Gasteiger partial charge on any atom is -0.398 e. The number of benzene rings is 2. The fraction of sp³-hybridized carbons (Fsp3) is 0.200. The van der Waals surface area contributed by atoms with E-state index in [2.05, 4.69) is 42.2 Å². The standard InChI is InChI=1S/C15H18N2/c1-11-7-8-15(16)14(9-11)12-5-4-6-13(10-12)17(2)3/h4-10H,16H2,1-3H3. The van der Waals surface area contributed by atoms with Crippen LogP contribution in [-0.2, 0) is 0 Å². The zero-order valence-corrected chi connectivity index (χ0v) is 10.6. The smallest absolute Gasteiger partial charge is 0.0393 e. The Morgan fingerprint density at radius 2 is 1.76 bits per heavy atom. The van der Waals surface area contributed by atoms with Gasteiger partial charge in [0.05, 0.1) is 0 Å². The quantitative estimate of drug-likeness (QED) is 0.796. The molecule has 17 heavy (non-hydrogen) atoms. The Kier molecular flexibility index (Phi) is 3.05. The average Bonchev–Trinajstić information content (AvgIpc) is 2.32. The molecule has 0 bridgehead atoms. The third-order valence-electron chi connectivity index (χ3n) is 2.88. The van der Waals surface area contributed by atoms with E-state index in [1.165, 1.54) is 11.3 Å². The number of hydrogen-bond donors (Lipinski definition) is 1. The fourth-order valence-corrected chi connectivity index (χ4v) is 1.87. The predicted octanol–water partition coefficient (Wildman–Crippen LogP) is 3.31. The monoisotopic (exact) mass is 226 g/mol. The molecule has 0 aliphatic rings. The van der Waals surface area contributed by atoms with E-state index in [0.717, 1.165) is 16.8 Å². The van der Waals surface area contributed by atoms with Crippen molar-refractivity contribution in [3.63, 3.8) is 0 Å². The molecule has 0 aliphatic carbocycles. The summed E-state index contributed by atoms with van der Waals surface area (Å²) in [6.45, 7) is 2.08. The Morgan fingerprint density at radius 3 is 2.47 bits per heavy atom. The van der Waals surface area contributed by atoms with Gasteiger partial charge in [-0.3, -0.25) is 0 Å². The lowest BCUT2D eigenvalue weighted by atomic mass is 10.0. The van der Waals surface area contributed by atoms with Crippen molar-refractivity contribution in [1.82, 2.24) is 0 Å². The first-order valence-corrected chi connectivity index (χ1v) is 5.72. The number of nitrogens with two attached hydrogens (primary N) is 1. The lowest BCUT2D eigenvalue weighted by Gasteiger charge is -2.14. The Balaban J connectivity index is 2.52. The summed E-state index contributed by atoms with van der Waals surface area (Å²) < 4.78 is 0. The van der Waals surface area contributed by atoms with Crippen LogP contribution in [0.5, 0.6) is 0 Å². The van der Waals surface area contributed by atoms with Crippen LogP contribution in [0.3, 0.4) is 0 Å². The van der Waals surface area contributed by atoms with Crippen molar-refractivity contribution in [2.24, 2.45) is 0 Å². The molecule has 0 aliphatic heterocycles. The molecular weight excluding hydrogens is 208 g/mol. The largest absolute Gasteiger partial charge is 0.398 e. The van der Waals surface area contributed by atoms with Gasteiger partial charge in [0.25, 0.3) is 0 Å². The molecule has 0 saturated heterocycles. The summed E-state index contributed by atoms with van der Waals surface area (Å²) in [4.78, 5) is 2.09. The summed E-state index contributed by atoms with van der Waals surface area (Å²) in [5, 5.41) is 0. The molecule has 2 N–H and O–H groups in total. The molecule has 0 unspecified atom stereocenters. The van der Waals surface area contributed by atoms with Crippen LogP contribution in [0.15, 0.2) is 42.5 Å². The van der Waals surface area contributed by atoms with E-state index in [0.29, 0.717) is 0 Å². The second-order valence-electron chi connectivity index (χ2n) is 4.54. The number of hydrogen-bond acceptors (Lipinski definition) is 2. The Labute approximate surface area is 103 Å². The molecule has 2 rings (SSSR count). The van der Waals surface area contributed by atoms with Crippen LogP contribution in [0.1, 0.15) is 5.56 Å². The summed E-state index contributed by atoms with van der Waals surface area (Å²) >= 11 is 0. The molecule has 0 atom stereocenters. The van der Waals surface area contributed by atoms with Crippen LogP contribution in [0, 0.1) is 6.92 Å². The highest BCUT2D eigenvalue weighted by molar-refractivity contribution is 5.78. The topological polar surface area (TPSA) is 29.3 Å². The first-order chi connectivity index (χ1) is 8.08. The van der Waals surface area contributed by atoms with Gasteiger partial charge in [-0.15, -0.1) is 0 Å². The van der Waals surface area contributed by atoms with Crippen LogP contribution in [0.25, 0.3) is 11.1 Å². The molecule has 0 aromatic heterocycles. The normalized spacial score (nSPS) is 10.3. The van der Waals surface area contributed by atoms with E-state index in [1.807, 2.05) is 26.2 Å². The first kappa shape index (κ1) is 11.5. The summed E-state index contributed by atoms with van der Waals surface area (Å²) in [7, 11) is 4.08. The van der Waals surface area contributed by atoms with Crippen molar-refractivity contribution in [1.29, 1.82) is 0 Å². The van der Waals surface area contributed by atoms with Crippen LogP contribution >= 0.6 is 0 Å². The molecule has 0 fully saturated rings. The Bertz CT molecular complexity index is 530. The minimum atomic E-state index is 0.825. The maximum absolute atomic E-state index is 6.03. The molecule has 0 spiro atoms. The molecule has 2 aromatic rings. The molecule has 0 saturated carbocycles. The van der Waals surface area contributed by atoms with Crippen molar-refractivity contribution in [2.45, 2.75) is 6.92 Å². The molecule has 0 amide bonds. The Morgan fingerprint density at radius 1 is 1.00 bits per heavy atom. The molecule has 2 aromatic carbocycles. The van der Waals surface area contributed by atoms with Crippen molar-refractivity contribution in [2.75, 3.05) is 24.7 Å². The highest BCUT2D eigenvalue weighted by Gasteiger charge is 2.04. The lowest BCUT2D eigenvalue weighted by Crippen LogP contribution is -2.08.